The average Bonchev–Trinajstić information content (AvgIpc) is 3.47. The number of hydrogen-bond acceptors (Lipinski definition) is 11. The number of methoxy groups -OCH3 is 2. The SMILES string of the molecule is COC(=O)C1=NN(c2ccc(S(=O)(=O)O)cc2)C(=O)/C1=C\C=C\c1c(C(=O)OC)[nH]n(-c2ccc(S(=O)(=O)O)cc2)c1=O. The summed E-state index contributed by atoms with van der Waals surface area (Å²) < 4.78 is 74.0. The summed E-state index contributed by atoms with van der Waals surface area (Å²) in [6.07, 6.45) is 3.45. The highest BCUT2D eigenvalue weighted by molar-refractivity contribution is 7.86. The van der Waals surface area contributed by atoms with Crippen LogP contribution < -0.4 is 10.6 Å². The lowest BCUT2D eigenvalue weighted by atomic mass is 10.1. The van der Waals surface area contributed by atoms with Gasteiger partial charge in [-0.1, -0.05) is 6.08 Å². The largest absolute Gasteiger partial charge is 0.464 e. The molecule has 0 unspecified atom stereocenters. The van der Waals surface area contributed by atoms with E-state index in [1.54, 1.807) is 0 Å². The second-order valence-electron chi connectivity index (χ2n) is 8.47. The number of aromatic nitrogens is 2. The predicted octanol–water partition coefficient (Wildman–Crippen LogP) is 0.961. The summed E-state index contributed by atoms with van der Waals surface area (Å²) in [7, 11) is -6.87. The Bertz CT molecular complexity index is 2000. The van der Waals surface area contributed by atoms with E-state index in [1.807, 2.05) is 0 Å². The van der Waals surface area contributed by atoms with Gasteiger partial charge in [-0.05, 0) is 60.7 Å². The van der Waals surface area contributed by atoms with Crippen LogP contribution in [-0.2, 0) is 39.3 Å². The molecular formula is C25H20N4O12S2. The number of hydrazone groups is 1. The quantitative estimate of drug-likeness (QED) is 0.179. The summed E-state index contributed by atoms with van der Waals surface area (Å²) in [4.78, 5) is 50.2. The van der Waals surface area contributed by atoms with Crippen molar-refractivity contribution in [2.75, 3.05) is 19.2 Å². The molecule has 3 N–H and O–H groups in total. The minimum atomic E-state index is -4.50. The molecular weight excluding hydrogens is 612 g/mol. The van der Waals surface area contributed by atoms with Gasteiger partial charge in [0.15, 0.2) is 11.4 Å². The van der Waals surface area contributed by atoms with Crippen molar-refractivity contribution in [2.45, 2.75) is 9.79 Å². The number of esters is 2. The molecule has 2 aromatic carbocycles. The van der Waals surface area contributed by atoms with Gasteiger partial charge in [-0.2, -0.15) is 26.9 Å². The van der Waals surface area contributed by atoms with Gasteiger partial charge in [0.25, 0.3) is 31.7 Å². The van der Waals surface area contributed by atoms with Crippen LogP contribution in [-0.4, -0.2) is 73.5 Å². The van der Waals surface area contributed by atoms with Crippen LogP contribution in [0.25, 0.3) is 11.8 Å². The summed E-state index contributed by atoms with van der Waals surface area (Å²) in [5.41, 5.74) is -1.87. The zero-order valence-corrected chi connectivity index (χ0v) is 23.6. The van der Waals surface area contributed by atoms with Crippen molar-refractivity contribution in [3.63, 3.8) is 0 Å². The molecule has 0 atom stereocenters. The minimum absolute atomic E-state index is 0.0488. The zero-order chi connectivity index (χ0) is 31.7. The number of rotatable bonds is 8. The molecule has 0 bridgehead atoms. The molecule has 3 aromatic rings. The van der Waals surface area contributed by atoms with Crippen LogP contribution in [0, 0.1) is 0 Å². The Labute approximate surface area is 242 Å². The third kappa shape index (κ3) is 6.21. The average molecular weight is 633 g/mol. The summed E-state index contributed by atoms with van der Waals surface area (Å²) in [6, 6.07) is 8.87. The van der Waals surface area contributed by atoms with Gasteiger partial charge in [-0.3, -0.25) is 23.8 Å². The van der Waals surface area contributed by atoms with Crippen LogP contribution in [0.3, 0.4) is 0 Å². The second kappa shape index (κ2) is 11.6. The van der Waals surface area contributed by atoms with Crippen LogP contribution in [0.1, 0.15) is 16.1 Å². The second-order valence-corrected chi connectivity index (χ2v) is 11.3. The molecule has 43 heavy (non-hydrogen) atoms. The Balaban J connectivity index is 1.73. The number of nitrogens with zero attached hydrogens (tertiary/aromatic N) is 3. The summed E-state index contributed by atoms with van der Waals surface area (Å²) >= 11 is 0. The van der Waals surface area contributed by atoms with Crippen LogP contribution in [0.2, 0.25) is 0 Å². The van der Waals surface area contributed by atoms with Crippen molar-refractivity contribution in [3.8, 4) is 5.69 Å². The highest BCUT2D eigenvalue weighted by atomic mass is 32.2. The standard InChI is InChI=1S/C25H20N4O12S2/c1-40-24(32)20-18(22(30)28(26-20)14-6-10-16(11-7-14)42(34,35)36)4-3-5-19-21(25(33)41-2)27-29(23(19)31)15-8-12-17(13-9-15)43(37,38)39/h3-13,26H,1-2H3,(H,34,35,36)(H,37,38,39)/b4-3+,19-5-. The summed E-state index contributed by atoms with van der Waals surface area (Å²) in [6.45, 7) is 0. The number of nitrogens with one attached hydrogen (secondary N) is 1. The van der Waals surface area contributed by atoms with Gasteiger partial charge in [0, 0.05) is 0 Å². The molecule has 0 spiro atoms. The van der Waals surface area contributed by atoms with Crippen LogP contribution in [0.4, 0.5) is 5.69 Å². The molecule has 16 nitrogen and oxygen atoms in total. The van der Waals surface area contributed by atoms with Crippen molar-refractivity contribution >= 4 is 55.6 Å². The summed E-state index contributed by atoms with van der Waals surface area (Å²) in [5, 5.41) is 7.30. The smallest absolute Gasteiger partial charge is 0.359 e. The number of amides is 1. The first-order chi connectivity index (χ1) is 20.2. The van der Waals surface area contributed by atoms with E-state index in [4.69, 9.17) is 9.47 Å². The van der Waals surface area contributed by atoms with E-state index in [1.165, 1.54) is 30.3 Å². The van der Waals surface area contributed by atoms with Crippen molar-refractivity contribution in [1.82, 2.24) is 9.78 Å². The molecule has 2 heterocycles. The fourth-order valence-corrected chi connectivity index (χ4v) is 4.76. The van der Waals surface area contributed by atoms with E-state index in [0.717, 1.165) is 60.3 Å². The zero-order valence-electron chi connectivity index (χ0n) is 22.0. The van der Waals surface area contributed by atoms with Crippen molar-refractivity contribution in [1.29, 1.82) is 0 Å². The van der Waals surface area contributed by atoms with Crippen LogP contribution in [0.5, 0.6) is 0 Å². The van der Waals surface area contributed by atoms with Gasteiger partial charge in [0.2, 0.25) is 0 Å². The normalized spacial score (nSPS) is 14.8. The molecule has 0 saturated heterocycles. The number of ether oxygens (including phenoxy) is 2. The van der Waals surface area contributed by atoms with E-state index in [-0.39, 0.29) is 28.2 Å². The first-order valence-corrected chi connectivity index (χ1v) is 14.5. The molecule has 224 valence electrons. The molecule has 0 radical (unpaired) electrons. The molecule has 4 rings (SSSR count). The Kier molecular flexibility index (Phi) is 8.31. The molecule has 18 heteroatoms. The molecule has 0 fully saturated rings. The fourth-order valence-electron chi connectivity index (χ4n) is 3.80. The number of H-pyrrole nitrogens is 1. The molecule has 0 saturated carbocycles. The lowest BCUT2D eigenvalue weighted by Gasteiger charge is -2.11. The monoisotopic (exact) mass is 632 g/mol. The Morgan fingerprint density at radius 1 is 0.837 bits per heavy atom. The highest BCUT2D eigenvalue weighted by Crippen LogP contribution is 2.26. The Hall–Kier alpha value is -5.17. The molecule has 0 aliphatic carbocycles. The molecule has 1 aliphatic rings. The number of aromatic amines is 1. The number of hydrogen-bond donors (Lipinski definition) is 3. The van der Waals surface area contributed by atoms with Crippen LogP contribution in [0.15, 0.2) is 85.9 Å². The topological polar surface area (TPSA) is 232 Å². The number of carbonyl (C=O) groups is 3. The van der Waals surface area contributed by atoms with E-state index in [2.05, 4.69) is 10.2 Å². The highest BCUT2D eigenvalue weighted by Gasteiger charge is 2.35. The van der Waals surface area contributed by atoms with E-state index in [9.17, 15) is 45.1 Å². The maximum absolute atomic E-state index is 13.2. The van der Waals surface area contributed by atoms with Crippen LogP contribution >= 0.6 is 0 Å². The number of carbonyl (C=O) groups excluding carboxylic acids is 3. The maximum atomic E-state index is 13.2. The third-order valence-electron chi connectivity index (χ3n) is 5.87. The Morgan fingerprint density at radius 3 is 1.84 bits per heavy atom. The maximum Gasteiger partial charge on any atom is 0.359 e. The number of allylic oxidation sites excluding steroid dienone is 2. The third-order valence-corrected chi connectivity index (χ3v) is 7.61. The summed E-state index contributed by atoms with van der Waals surface area (Å²) in [5.74, 6) is -2.76. The molecule has 1 aromatic heterocycles. The molecule has 1 aliphatic heterocycles. The van der Waals surface area contributed by atoms with E-state index >= 15 is 0 Å². The fraction of sp³-hybridized carbons (Fsp3) is 0.0800. The number of anilines is 1. The van der Waals surface area contributed by atoms with Gasteiger partial charge < -0.3 is 9.47 Å². The van der Waals surface area contributed by atoms with E-state index < -0.39 is 59.1 Å². The lowest BCUT2D eigenvalue weighted by Crippen LogP contribution is -2.22. The minimum Gasteiger partial charge on any atom is -0.464 e. The molecule has 1 amide bonds. The van der Waals surface area contributed by atoms with Crippen molar-refractivity contribution in [2.24, 2.45) is 5.10 Å². The lowest BCUT2D eigenvalue weighted by molar-refractivity contribution is -0.132. The van der Waals surface area contributed by atoms with Gasteiger partial charge in [0.1, 0.15) is 0 Å². The van der Waals surface area contributed by atoms with Crippen molar-refractivity contribution in [3.05, 3.63) is 87.9 Å². The van der Waals surface area contributed by atoms with Gasteiger partial charge in [0.05, 0.1) is 46.5 Å². The van der Waals surface area contributed by atoms with Gasteiger partial charge in [-0.15, -0.1) is 0 Å². The van der Waals surface area contributed by atoms with Gasteiger partial charge in [-0.25, -0.2) is 14.3 Å². The Morgan fingerprint density at radius 2 is 1.35 bits per heavy atom. The number of benzene rings is 2. The first-order valence-electron chi connectivity index (χ1n) is 11.7. The predicted molar refractivity (Wildman–Crippen MR) is 148 cm³/mol. The van der Waals surface area contributed by atoms with E-state index in [0.29, 0.717) is 0 Å². The van der Waals surface area contributed by atoms with Crippen molar-refractivity contribution < 1.29 is 49.8 Å². The van der Waals surface area contributed by atoms with Gasteiger partial charge >= 0.3 is 11.9 Å². The first kappa shape index (κ1) is 30.8.